The van der Waals surface area contributed by atoms with Crippen LogP contribution in [0, 0.1) is 23.5 Å². The number of ether oxygens (including phenoxy) is 1. The van der Waals surface area contributed by atoms with Gasteiger partial charge in [0, 0.05) is 11.8 Å². The minimum Gasteiger partial charge on any atom is -0.486 e. The second-order valence-corrected chi connectivity index (χ2v) is 8.71. The van der Waals surface area contributed by atoms with E-state index in [1.807, 2.05) is 6.07 Å². The van der Waals surface area contributed by atoms with Crippen LogP contribution in [0.3, 0.4) is 0 Å². The SMILES string of the molecule is Fc1cccc(COc2ccc(Nc3ncnc4cc(C#C[C@H]5CCCN5)sc34)cc2F)c1. The fourth-order valence-corrected chi connectivity index (χ4v) is 4.51. The van der Waals surface area contributed by atoms with E-state index in [9.17, 15) is 8.78 Å². The first-order valence-corrected chi connectivity index (χ1v) is 11.4. The van der Waals surface area contributed by atoms with Gasteiger partial charge < -0.3 is 15.4 Å². The summed E-state index contributed by atoms with van der Waals surface area (Å²) in [5.41, 5.74) is 1.94. The zero-order chi connectivity index (χ0) is 22.6. The molecule has 2 N–H and O–H groups in total. The average molecular weight is 463 g/mol. The number of nitrogens with one attached hydrogen (secondary N) is 2. The molecule has 0 aliphatic carbocycles. The zero-order valence-corrected chi connectivity index (χ0v) is 18.4. The molecular weight excluding hydrogens is 442 g/mol. The molecule has 5 nitrogen and oxygen atoms in total. The van der Waals surface area contributed by atoms with Crippen LogP contribution >= 0.6 is 11.3 Å². The highest BCUT2D eigenvalue weighted by Gasteiger charge is 2.12. The number of thiophene rings is 1. The van der Waals surface area contributed by atoms with Gasteiger partial charge >= 0.3 is 0 Å². The lowest BCUT2D eigenvalue weighted by molar-refractivity contribution is 0.290. The number of aromatic nitrogens is 2. The van der Waals surface area contributed by atoms with Gasteiger partial charge in [-0.25, -0.2) is 18.7 Å². The van der Waals surface area contributed by atoms with Gasteiger partial charge in [-0.1, -0.05) is 24.0 Å². The molecule has 0 saturated carbocycles. The highest BCUT2D eigenvalue weighted by atomic mass is 32.1. The lowest BCUT2D eigenvalue weighted by Crippen LogP contribution is -2.18. The van der Waals surface area contributed by atoms with E-state index in [0.29, 0.717) is 17.1 Å². The molecule has 1 aliphatic rings. The summed E-state index contributed by atoms with van der Waals surface area (Å²) in [4.78, 5) is 9.57. The minimum atomic E-state index is -0.525. The molecule has 0 unspecified atom stereocenters. The zero-order valence-electron chi connectivity index (χ0n) is 17.6. The van der Waals surface area contributed by atoms with E-state index in [0.717, 1.165) is 34.5 Å². The molecule has 8 heteroatoms. The van der Waals surface area contributed by atoms with Gasteiger partial charge in [-0.05, 0) is 55.3 Å². The van der Waals surface area contributed by atoms with Crippen molar-refractivity contribution in [1.29, 1.82) is 0 Å². The summed E-state index contributed by atoms with van der Waals surface area (Å²) in [6.07, 6.45) is 3.69. The maximum atomic E-state index is 14.6. The highest BCUT2D eigenvalue weighted by Crippen LogP contribution is 2.31. The van der Waals surface area contributed by atoms with Gasteiger partial charge in [-0.3, -0.25) is 0 Å². The van der Waals surface area contributed by atoms with E-state index in [4.69, 9.17) is 4.74 Å². The second kappa shape index (κ2) is 9.53. The minimum absolute atomic E-state index is 0.0728. The van der Waals surface area contributed by atoms with Crippen LogP contribution in [-0.4, -0.2) is 22.6 Å². The predicted molar refractivity (Wildman–Crippen MR) is 126 cm³/mol. The average Bonchev–Trinajstić information content (AvgIpc) is 3.47. The number of fused-ring (bicyclic) bond motifs is 1. The number of hydrogen-bond acceptors (Lipinski definition) is 6. The fraction of sp³-hybridized carbons (Fsp3) is 0.200. The highest BCUT2D eigenvalue weighted by molar-refractivity contribution is 7.20. The van der Waals surface area contributed by atoms with E-state index < -0.39 is 5.82 Å². The molecule has 0 amide bonds. The van der Waals surface area contributed by atoms with Crippen LogP contribution in [0.1, 0.15) is 23.3 Å². The van der Waals surface area contributed by atoms with Crippen molar-refractivity contribution in [2.75, 3.05) is 11.9 Å². The molecule has 0 bridgehead atoms. The van der Waals surface area contributed by atoms with Crippen LogP contribution in [0.15, 0.2) is 54.9 Å². The Balaban J connectivity index is 1.31. The summed E-state index contributed by atoms with van der Waals surface area (Å²) in [6.45, 7) is 1.08. The van der Waals surface area contributed by atoms with Gasteiger partial charge in [-0.2, -0.15) is 0 Å². The van der Waals surface area contributed by atoms with Crippen molar-refractivity contribution < 1.29 is 13.5 Å². The Kier molecular flexibility index (Phi) is 6.15. The summed E-state index contributed by atoms with van der Waals surface area (Å²) < 4.78 is 34.3. The summed E-state index contributed by atoms with van der Waals surface area (Å²) in [7, 11) is 0. The van der Waals surface area contributed by atoms with Crippen molar-refractivity contribution in [3.8, 4) is 17.6 Å². The number of rotatable bonds is 5. The number of anilines is 2. The summed E-state index contributed by atoms with van der Waals surface area (Å²) in [5.74, 6) is 6.29. The van der Waals surface area contributed by atoms with Crippen LogP contribution in [-0.2, 0) is 6.61 Å². The molecule has 3 heterocycles. The summed E-state index contributed by atoms with van der Waals surface area (Å²) in [6, 6.07) is 12.8. The predicted octanol–water partition coefficient (Wildman–Crippen LogP) is 5.40. The van der Waals surface area contributed by atoms with Crippen molar-refractivity contribution in [2.45, 2.75) is 25.5 Å². The first-order valence-electron chi connectivity index (χ1n) is 10.6. The molecule has 2 aromatic heterocycles. The maximum absolute atomic E-state index is 14.6. The fourth-order valence-electron chi connectivity index (χ4n) is 3.59. The molecule has 4 aromatic rings. The van der Waals surface area contributed by atoms with Crippen molar-refractivity contribution >= 4 is 33.1 Å². The van der Waals surface area contributed by atoms with E-state index in [2.05, 4.69) is 32.4 Å². The summed E-state index contributed by atoms with van der Waals surface area (Å²) in [5, 5.41) is 6.52. The van der Waals surface area contributed by atoms with Crippen LogP contribution in [0.4, 0.5) is 20.3 Å². The van der Waals surface area contributed by atoms with Crippen LogP contribution < -0.4 is 15.4 Å². The Morgan fingerprint density at radius 2 is 2.09 bits per heavy atom. The molecule has 5 rings (SSSR count). The van der Waals surface area contributed by atoms with Gasteiger partial charge in [0.15, 0.2) is 17.4 Å². The van der Waals surface area contributed by atoms with Gasteiger partial charge in [-0.15, -0.1) is 11.3 Å². The summed E-state index contributed by atoms with van der Waals surface area (Å²) >= 11 is 1.50. The number of halogens is 2. The Bertz CT molecular complexity index is 1360. The number of hydrogen-bond donors (Lipinski definition) is 2. The van der Waals surface area contributed by atoms with E-state index in [1.54, 1.807) is 18.2 Å². The third kappa shape index (κ3) is 5.11. The lowest BCUT2D eigenvalue weighted by atomic mass is 10.2. The smallest absolute Gasteiger partial charge is 0.167 e. The van der Waals surface area contributed by atoms with Gasteiger partial charge in [0.2, 0.25) is 0 Å². The lowest BCUT2D eigenvalue weighted by Gasteiger charge is -2.10. The molecule has 1 atom stereocenters. The molecule has 33 heavy (non-hydrogen) atoms. The molecule has 1 fully saturated rings. The van der Waals surface area contributed by atoms with Crippen molar-refractivity contribution in [3.05, 3.63) is 76.9 Å². The number of benzene rings is 2. The maximum Gasteiger partial charge on any atom is 0.167 e. The first kappa shape index (κ1) is 21.3. The second-order valence-electron chi connectivity index (χ2n) is 7.65. The molecule has 1 aliphatic heterocycles. The van der Waals surface area contributed by atoms with Gasteiger partial charge in [0.05, 0.1) is 21.1 Å². The molecule has 2 aromatic carbocycles. The normalized spacial score (nSPS) is 15.3. The Morgan fingerprint density at radius 1 is 1.15 bits per heavy atom. The quantitative estimate of drug-likeness (QED) is 0.389. The van der Waals surface area contributed by atoms with Crippen molar-refractivity contribution in [2.24, 2.45) is 0 Å². The molecule has 1 saturated heterocycles. The standard InChI is InChI=1S/C25H20F2N4OS/c26-17-4-1-3-16(11-17)14-32-23-9-7-19(12-21(23)27)31-25-24-22(29-15-30-25)13-20(33-24)8-6-18-5-2-10-28-18/h1,3-4,7,9,11-13,15,18,28H,2,5,10,14H2,(H,29,30,31)/t18-/m1/s1. The Hall–Kier alpha value is -3.54. The van der Waals surface area contributed by atoms with E-state index >= 15 is 0 Å². The first-order chi connectivity index (χ1) is 16.1. The van der Waals surface area contributed by atoms with E-state index in [1.165, 1.54) is 41.9 Å². The topological polar surface area (TPSA) is 59.1 Å². The third-order valence-electron chi connectivity index (χ3n) is 5.22. The Labute approximate surface area is 193 Å². The van der Waals surface area contributed by atoms with Crippen LogP contribution in [0.25, 0.3) is 10.2 Å². The van der Waals surface area contributed by atoms with Crippen LogP contribution in [0.5, 0.6) is 5.75 Å². The van der Waals surface area contributed by atoms with Crippen molar-refractivity contribution in [3.63, 3.8) is 0 Å². The number of nitrogens with zero attached hydrogens (tertiary/aromatic N) is 2. The monoisotopic (exact) mass is 462 g/mol. The van der Waals surface area contributed by atoms with Gasteiger partial charge in [0.25, 0.3) is 0 Å². The van der Waals surface area contributed by atoms with Crippen molar-refractivity contribution in [1.82, 2.24) is 15.3 Å². The molecule has 0 radical (unpaired) electrons. The molecule has 0 spiro atoms. The van der Waals surface area contributed by atoms with Gasteiger partial charge in [0.1, 0.15) is 18.8 Å². The van der Waals surface area contributed by atoms with Crippen LogP contribution in [0.2, 0.25) is 0 Å². The molecular formula is C25H20F2N4OS. The third-order valence-corrected chi connectivity index (χ3v) is 6.27. The molecule has 166 valence electrons. The Morgan fingerprint density at radius 3 is 2.91 bits per heavy atom. The van der Waals surface area contributed by atoms with E-state index in [-0.39, 0.29) is 24.2 Å². The largest absolute Gasteiger partial charge is 0.486 e.